The number of hydrogen-bond donors (Lipinski definition) is 0. The van der Waals surface area contributed by atoms with Crippen molar-refractivity contribution in [2.24, 2.45) is 11.8 Å². The van der Waals surface area contributed by atoms with Gasteiger partial charge in [0.25, 0.3) is 0 Å². The van der Waals surface area contributed by atoms with Crippen molar-refractivity contribution in [1.82, 2.24) is 0 Å². The maximum atomic E-state index is 14.3. The number of hydrogen-bond acceptors (Lipinski definition) is 7. The van der Waals surface area contributed by atoms with E-state index in [1.165, 1.54) is 20.1 Å². The number of rotatable bonds is 15. The highest BCUT2D eigenvalue weighted by Crippen LogP contribution is 2.41. The number of halogens is 2. The van der Waals surface area contributed by atoms with E-state index in [0.29, 0.717) is 45.1 Å². The fourth-order valence-corrected chi connectivity index (χ4v) is 4.85. The molecule has 1 saturated carbocycles. The van der Waals surface area contributed by atoms with Crippen molar-refractivity contribution < 1.29 is 42.1 Å². The summed E-state index contributed by atoms with van der Waals surface area (Å²) in [5, 5.41) is 0. The van der Waals surface area contributed by atoms with Crippen LogP contribution in [0.3, 0.4) is 0 Å². The molecule has 0 bridgehead atoms. The fraction of sp³-hybridized carbons (Fsp3) is 0.750. The molecule has 1 aliphatic heterocycles. The highest BCUT2D eigenvalue weighted by atomic mass is 19.3. The predicted octanol–water partition coefficient (Wildman–Crippen LogP) is 5.71. The van der Waals surface area contributed by atoms with Gasteiger partial charge in [-0.15, -0.1) is 0 Å². The van der Waals surface area contributed by atoms with Gasteiger partial charge in [0.15, 0.2) is 6.29 Å². The average Bonchev–Trinajstić information content (AvgIpc) is 3.18. The Balaban J connectivity index is 2.19. The molecule has 37 heavy (non-hydrogen) atoms. The minimum absolute atomic E-state index is 0.261. The summed E-state index contributed by atoms with van der Waals surface area (Å²) in [5.74, 6) is -6.02. The molecule has 210 valence electrons. The molecule has 1 heterocycles. The Bertz CT molecular complexity index is 789. The molecule has 2 aliphatic rings. The molecule has 0 aromatic rings. The molecule has 2 fully saturated rings. The van der Waals surface area contributed by atoms with E-state index in [9.17, 15) is 23.2 Å². The van der Waals surface area contributed by atoms with E-state index in [0.717, 1.165) is 25.3 Å². The largest absolute Gasteiger partial charge is 0.469 e. The average molecular weight is 529 g/mol. The summed E-state index contributed by atoms with van der Waals surface area (Å²) in [4.78, 5) is 35.5. The number of unbranched alkanes of at least 4 members (excludes halogenated alkanes) is 2. The van der Waals surface area contributed by atoms with E-state index >= 15 is 0 Å². The highest BCUT2D eigenvalue weighted by molar-refractivity contribution is 5.95. The first kappa shape index (κ1) is 31.1. The van der Waals surface area contributed by atoms with Crippen LogP contribution in [0.1, 0.15) is 84.5 Å². The van der Waals surface area contributed by atoms with Crippen LogP contribution in [0.4, 0.5) is 8.78 Å². The molecule has 1 saturated heterocycles. The van der Waals surface area contributed by atoms with Crippen LogP contribution in [0.2, 0.25) is 0 Å². The van der Waals surface area contributed by atoms with E-state index in [2.05, 4.69) is 4.74 Å². The maximum Gasteiger partial charge on any atom is 0.309 e. The zero-order valence-electron chi connectivity index (χ0n) is 22.3. The van der Waals surface area contributed by atoms with Gasteiger partial charge in [-0.2, -0.15) is 8.78 Å². The summed E-state index contributed by atoms with van der Waals surface area (Å²) in [6.45, 7) is 3.72. The molecule has 0 radical (unpaired) electrons. The van der Waals surface area contributed by atoms with E-state index < -0.39 is 48.5 Å². The van der Waals surface area contributed by atoms with Crippen LogP contribution >= 0.6 is 0 Å². The first-order chi connectivity index (χ1) is 17.7. The van der Waals surface area contributed by atoms with Crippen molar-refractivity contribution in [2.45, 2.75) is 109 Å². The van der Waals surface area contributed by atoms with E-state index in [1.54, 1.807) is 6.92 Å². The lowest BCUT2D eigenvalue weighted by atomic mass is 9.89. The molecular weight excluding hydrogens is 486 g/mol. The minimum Gasteiger partial charge on any atom is -0.469 e. The van der Waals surface area contributed by atoms with Gasteiger partial charge in [-0.3, -0.25) is 14.4 Å². The van der Waals surface area contributed by atoms with Crippen molar-refractivity contribution in [3.8, 4) is 0 Å². The van der Waals surface area contributed by atoms with Gasteiger partial charge in [-0.25, -0.2) is 0 Å². The van der Waals surface area contributed by atoms with Crippen molar-refractivity contribution in [1.29, 1.82) is 0 Å². The van der Waals surface area contributed by atoms with E-state index in [-0.39, 0.29) is 18.3 Å². The first-order valence-electron chi connectivity index (χ1n) is 13.4. The van der Waals surface area contributed by atoms with E-state index in [1.807, 2.05) is 12.2 Å². The van der Waals surface area contributed by atoms with Crippen molar-refractivity contribution in [3.63, 3.8) is 0 Å². The quantitative estimate of drug-likeness (QED) is 0.116. The molecule has 0 aromatic carbocycles. The Kier molecular flexibility index (Phi) is 13.4. The molecule has 0 N–H and O–H groups in total. The summed E-state index contributed by atoms with van der Waals surface area (Å²) in [6, 6.07) is 0. The summed E-state index contributed by atoms with van der Waals surface area (Å²) in [6.07, 6.45) is 10.5. The third-order valence-corrected chi connectivity index (χ3v) is 6.88. The van der Waals surface area contributed by atoms with E-state index in [4.69, 9.17) is 14.2 Å². The van der Waals surface area contributed by atoms with Crippen LogP contribution in [0.25, 0.3) is 0 Å². The van der Waals surface area contributed by atoms with Gasteiger partial charge < -0.3 is 18.9 Å². The number of carbonyl (C=O) groups excluding carboxylic acids is 3. The maximum absolute atomic E-state index is 14.3. The van der Waals surface area contributed by atoms with Crippen LogP contribution in [-0.2, 0) is 33.3 Å². The second kappa shape index (κ2) is 16.0. The number of methoxy groups -OCH3 is 1. The molecule has 7 nitrogen and oxygen atoms in total. The Morgan fingerprint density at radius 2 is 1.89 bits per heavy atom. The van der Waals surface area contributed by atoms with Gasteiger partial charge in [0, 0.05) is 44.6 Å². The fourth-order valence-electron chi connectivity index (χ4n) is 4.85. The van der Waals surface area contributed by atoms with Crippen LogP contribution < -0.4 is 0 Å². The van der Waals surface area contributed by atoms with Gasteiger partial charge in [-0.05, 0) is 51.0 Å². The van der Waals surface area contributed by atoms with Gasteiger partial charge >= 0.3 is 17.9 Å². The highest BCUT2D eigenvalue weighted by Gasteiger charge is 2.45. The Morgan fingerprint density at radius 1 is 1.11 bits per heavy atom. The lowest BCUT2D eigenvalue weighted by Gasteiger charge is -2.29. The second-order valence-electron chi connectivity index (χ2n) is 9.80. The molecule has 0 aromatic heterocycles. The SMILES string of the molecule is CCCCC(F)(F)C(=O)/C=C/[C@H]1C(OC2CCCCO2)CC(OC(C)=O)C1C/C=C\CCCC(=O)OC. The standard InChI is InChI=1S/C28H42F2O7/c1-4-5-17-28(29,30)25(32)16-15-22-21(12-8-6-7-9-13-26(33)34-3)23(36-20(2)31)19-24(22)37-27-14-10-11-18-35-27/h6,8,15-16,21-24,27H,4-5,7,9-14,17-19H2,1-3H3/b8-6-,16-15+/t21?,22-,23?,24?,27?/m1/s1. The van der Waals surface area contributed by atoms with Crippen LogP contribution in [-0.4, -0.2) is 55.9 Å². The van der Waals surface area contributed by atoms with Gasteiger partial charge in [0.05, 0.1) is 13.2 Å². The summed E-state index contributed by atoms with van der Waals surface area (Å²) in [5.41, 5.74) is 0. The van der Waals surface area contributed by atoms with Crippen molar-refractivity contribution >= 4 is 17.7 Å². The Morgan fingerprint density at radius 3 is 2.54 bits per heavy atom. The molecule has 2 rings (SSSR count). The number of ether oxygens (including phenoxy) is 4. The molecular formula is C28H42F2O7. The second-order valence-corrected chi connectivity index (χ2v) is 9.80. The molecule has 0 amide bonds. The van der Waals surface area contributed by atoms with Crippen molar-refractivity contribution in [2.75, 3.05) is 13.7 Å². The smallest absolute Gasteiger partial charge is 0.309 e. The number of allylic oxidation sites excluding steroid dienone is 3. The first-order valence-corrected chi connectivity index (χ1v) is 13.4. The van der Waals surface area contributed by atoms with Gasteiger partial charge in [-0.1, -0.05) is 31.6 Å². The van der Waals surface area contributed by atoms with Crippen LogP contribution in [0, 0.1) is 11.8 Å². The summed E-state index contributed by atoms with van der Waals surface area (Å²) in [7, 11) is 1.35. The van der Waals surface area contributed by atoms with Crippen LogP contribution in [0.5, 0.6) is 0 Å². The Labute approximate surface area is 218 Å². The normalized spacial score (nSPS) is 26.6. The third kappa shape index (κ3) is 10.6. The molecule has 9 heteroatoms. The molecule has 4 unspecified atom stereocenters. The number of alkyl halides is 2. The third-order valence-electron chi connectivity index (χ3n) is 6.88. The molecule has 0 spiro atoms. The molecule has 1 aliphatic carbocycles. The van der Waals surface area contributed by atoms with Gasteiger partial charge in [0.1, 0.15) is 6.10 Å². The lowest BCUT2D eigenvalue weighted by molar-refractivity contribution is -0.193. The lowest BCUT2D eigenvalue weighted by Crippen LogP contribution is -2.31. The van der Waals surface area contributed by atoms with Crippen molar-refractivity contribution in [3.05, 3.63) is 24.3 Å². The summed E-state index contributed by atoms with van der Waals surface area (Å²) >= 11 is 0. The predicted molar refractivity (Wildman–Crippen MR) is 134 cm³/mol. The molecule has 5 atom stereocenters. The zero-order chi connectivity index (χ0) is 27.3. The number of carbonyl (C=O) groups is 3. The zero-order valence-corrected chi connectivity index (χ0v) is 22.3. The van der Waals surface area contributed by atoms with Gasteiger partial charge in [0.2, 0.25) is 5.78 Å². The topological polar surface area (TPSA) is 88.1 Å². The monoisotopic (exact) mass is 528 g/mol. The van der Waals surface area contributed by atoms with Crippen LogP contribution in [0.15, 0.2) is 24.3 Å². The summed E-state index contributed by atoms with van der Waals surface area (Å²) < 4.78 is 50.9. The minimum atomic E-state index is -3.42. The Hall–Kier alpha value is -2.13. The number of ketones is 1. The number of esters is 2.